The monoisotopic (exact) mass is 463 g/mol. The van der Waals surface area contributed by atoms with Crippen molar-refractivity contribution in [1.82, 2.24) is 4.90 Å². The third-order valence-corrected chi connectivity index (χ3v) is 5.55. The van der Waals surface area contributed by atoms with Crippen LogP contribution in [0.2, 0.25) is 0 Å². The number of allylic oxidation sites excluding steroid dienone is 6. The Morgan fingerprint density at radius 2 is 1.06 bits per heavy atom. The van der Waals surface area contributed by atoms with Gasteiger partial charge in [0, 0.05) is 26.2 Å². The van der Waals surface area contributed by atoms with E-state index in [0.29, 0.717) is 38.9 Å². The summed E-state index contributed by atoms with van der Waals surface area (Å²) in [6, 6.07) is 0. The van der Waals surface area contributed by atoms with E-state index in [2.05, 4.69) is 55.2 Å². The molecule has 2 atom stereocenters. The van der Waals surface area contributed by atoms with Gasteiger partial charge in [0.25, 0.3) is 0 Å². The van der Waals surface area contributed by atoms with Crippen LogP contribution in [0.3, 0.4) is 0 Å². The van der Waals surface area contributed by atoms with Crippen LogP contribution in [0.25, 0.3) is 0 Å². The van der Waals surface area contributed by atoms with Gasteiger partial charge in [-0.3, -0.25) is 4.90 Å². The fourth-order valence-corrected chi connectivity index (χ4v) is 3.61. The number of nitrogens with zero attached hydrogens (tertiary/aromatic N) is 1. The van der Waals surface area contributed by atoms with Gasteiger partial charge in [0.15, 0.2) is 0 Å². The summed E-state index contributed by atoms with van der Waals surface area (Å²) in [6.07, 6.45) is 29.8. The molecule has 0 aromatic carbocycles. The Kier molecular flexibility index (Phi) is 24.5. The summed E-state index contributed by atoms with van der Waals surface area (Å²) in [5.74, 6) is 0. The van der Waals surface area contributed by atoms with Crippen molar-refractivity contribution in [2.45, 2.75) is 110 Å². The van der Waals surface area contributed by atoms with Crippen LogP contribution in [-0.2, 0) is 0 Å². The van der Waals surface area contributed by atoms with Gasteiger partial charge in [-0.1, -0.05) is 88.1 Å². The molecule has 0 aromatic rings. The normalized spacial score (nSPS) is 14.6. The number of aliphatic hydroxyl groups is 3. The molecule has 0 radical (unpaired) electrons. The largest absolute Gasteiger partial charge is 0.396 e. The summed E-state index contributed by atoms with van der Waals surface area (Å²) in [5.41, 5.74) is 0. The summed E-state index contributed by atoms with van der Waals surface area (Å²) >= 11 is 0. The molecule has 4 heteroatoms. The molecule has 33 heavy (non-hydrogen) atoms. The number of hydrogen-bond donors (Lipinski definition) is 3. The minimum absolute atomic E-state index is 0.123. The van der Waals surface area contributed by atoms with E-state index in [4.69, 9.17) is 0 Å². The summed E-state index contributed by atoms with van der Waals surface area (Å²) in [6.45, 7) is 6.26. The SMILES string of the molecule is CCCCC/C=C\C/C=C\CC(O)CN(CCCO)CC(O)C/C=C\C/C=C\CCCCC. The van der Waals surface area contributed by atoms with E-state index in [-0.39, 0.29) is 6.61 Å². The molecule has 2 unspecified atom stereocenters. The molecule has 0 amide bonds. The van der Waals surface area contributed by atoms with Gasteiger partial charge in [0.1, 0.15) is 0 Å². The van der Waals surface area contributed by atoms with E-state index in [1.807, 2.05) is 12.2 Å². The van der Waals surface area contributed by atoms with E-state index in [1.165, 1.54) is 38.5 Å². The van der Waals surface area contributed by atoms with Gasteiger partial charge in [0.2, 0.25) is 0 Å². The average Bonchev–Trinajstić information content (AvgIpc) is 2.80. The smallest absolute Gasteiger partial charge is 0.0701 e. The van der Waals surface area contributed by atoms with Crippen LogP contribution >= 0.6 is 0 Å². The van der Waals surface area contributed by atoms with Crippen molar-refractivity contribution in [3.63, 3.8) is 0 Å². The molecule has 0 rings (SSSR count). The van der Waals surface area contributed by atoms with Crippen LogP contribution in [0.5, 0.6) is 0 Å². The third kappa shape index (κ3) is 23.7. The minimum Gasteiger partial charge on any atom is -0.396 e. The summed E-state index contributed by atoms with van der Waals surface area (Å²) in [5, 5.41) is 30.0. The second kappa shape index (κ2) is 25.4. The Morgan fingerprint density at radius 1 is 0.606 bits per heavy atom. The molecular weight excluding hydrogens is 410 g/mol. The molecule has 0 aliphatic carbocycles. The molecule has 0 aliphatic rings. The molecule has 4 nitrogen and oxygen atoms in total. The lowest BCUT2D eigenvalue weighted by Gasteiger charge is -2.26. The van der Waals surface area contributed by atoms with Gasteiger partial charge in [-0.15, -0.1) is 0 Å². The highest BCUT2D eigenvalue weighted by Gasteiger charge is 2.14. The van der Waals surface area contributed by atoms with Gasteiger partial charge in [-0.25, -0.2) is 0 Å². The van der Waals surface area contributed by atoms with E-state index >= 15 is 0 Å². The predicted octanol–water partition coefficient (Wildman–Crippen LogP) is 6.34. The van der Waals surface area contributed by atoms with Crippen molar-refractivity contribution in [3.8, 4) is 0 Å². The van der Waals surface area contributed by atoms with E-state index < -0.39 is 12.2 Å². The lowest BCUT2D eigenvalue weighted by molar-refractivity contribution is 0.0678. The Labute approximate surface area is 204 Å². The number of aliphatic hydroxyl groups excluding tert-OH is 3. The maximum absolute atomic E-state index is 10.4. The molecule has 3 N–H and O–H groups in total. The van der Waals surface area contributed by atoms with Crippen LogP contribution < -0.4 is 0 Å². The van der Waals surface area contributed by atoms with Gasteiger partial charge in [-0.05, 0) is 57.8 Å². The van der Waals surface area contributed by atoms with Crippen molar-refractivity contribution < 1.29 is 15.3 Å². The first-order chi connectivity index (χ1) is 16.1. The van der Waals surface area contributed by atoms with Crippen molar-refractivity contribution in [3.05, 3.63) is 48.6 Å². The highest BCUT2D eigenvalue weighted by atomic mass is 16.3. The second-order valence-electron chi connectivity index (χ2n) is 8.96. The number of hydrogen-bond acceptors (Lipinski definition) is 4. The van der Waals surface area contributed by atoms with Crippen LogP contribution in [-0.4, -0.2) is 58.7 Å². The zero-order valence-electron chi connectivity index (χ0n) is 21.6. The van der Waals surface area contributed by atoms with E-state index in [9.17, 15) is 15.3 Å². The first-order valence-corrected chi connectivity index (χ1v) is 13.4. The molecular formula is C29H53NO3. The zero-order chi connectivity index (χ0) is 24.4. The Balaban J connectivity index is 4.17. The zero-order valence-corrected chi connectivity index (χ0v) is 21.6. The lowest BCUT2D eigenvalue weighted by Crippen LogP contribution is -2.38. The van der Waals surface area contributed by atoms with E-state index in [1.54, 1.807) is 0 Å². The predicted molar refractivity (Wildman–Crippen MR) is 143 cm³/mol. The Morgan fingerprint density at radius 3 is 1.48 bits per heavy atom. The standard InChI is InChI=1S/C29H53NO3/c1-3-5-7-9-11-13-15-17-19-22-28(32)26-30(24-21-25-31)27-29(33)23-20-18-16-14-12-10-8-6-4-2/h11-14,17-20,28-29,31-33H,3-10,15-16,21-27H2,1-2H3/b13-11-,14-12-,19-17-,20-18-. The maximum atomic E-state index is 10.4. The fraction of sp³-hybridized carbons (Fsp3) is 0.724. The first kappa shape index (κ1) is 31.8. The molecule has 0 saturated carbocycles. The molecule has 0 spiro atoms. The van der Waals surface area contributed by atoms with Crippen LogP contribution in [0.1, 0.15) is 97.3 Å². The average molecular weight is 464 g/mol. The van der Waals surface area contributed by atoms with Crippen molar-refractivity contribution >= 4 is 0 Å². The van der Waals surface area contributed by atoms with Crippen molar-refractivity contribution in [1.29, 1.82) is 0 Å². The second-order valence-corrected chi connectivity index (χ2v) is 8.96. The summed E-state index contributed by atoms with van der Waals surface area (Å²) in [4.78, 5) is 2.06. The molecule has 192 valence electrons. The molecule has 0 bridgehead atoms. The van der Waals surface area contributed by atoms with Crippen LogP contribution in [0, 0.1) is 0 Å². The van der Waals surface area contributed by atoms with Gasteiger partial charge in [0.05, 0.1) is 12.2 Å². The molecule has 0 fully saturated rings. The van der Waals surface area contributed by atoms with Gasteiger partial charge >= 0.3 is 0 Å². The van der Waals surface area contributed by atoms with Crippen molar-refractivity contribution in [2.75, 3.05) is 26.2 Å². The number of unbranched alkanes of at least 4 members (excludes halogenated alkanes) is 6. The van der Waals surface area contributed by atoms with Gasteiger partial charge < -0.3 is 15.3 Å². The minimum atomic E-state index is -0.464. The molecule has 0 aromatic heterocycles. The van der Waals surface area contributed by atoms with Gasteiger partial charge in [-0.2, -0.15) is 0 Å². The van der Waals surface area contributed by atoms with Crippen LogP contribution in [0.4, 0.5) is 0 Å². The maximum Gasteiger partial charge on any atom is 0.0701 e. The molecule has 0 aliphatic heterocycles. The summed E-state index contributed by atoms with van der Waals surface area (Å²) in [7, 11) is 0. The first-order valence-electron chi connectivity index (χ1n) is 13.4. The summed E-state index contributed by atoms with van der Waals surface area (Å²) < 4.78 is 0. The van der Waals surface area contributed by atoms with Crippen molar-refractivity contribution in [2.24, 2.45) is 0 Å². The number of rotatable bonds is 23. The molecule has 0 saturated heterocycles. The third-order valence-electron chi connectivity index (χ3n) is 5.55. The molecule has 0 heterocycles. The lowest BCUT2D eigenvalue weighted by atomic mass is 10.1. The topological polar surface area (TPSA) is 63.9 Å². The fourth-order valence-electron chi connectivity index (χ4n) is 3.61. The quantitative estimate of drug-likeness (QED) is 0.122. The highest BCUT2D eigenvalue weighted by molar-refractivity contribution is 4.95. The Hall–Kier alpha value is -1.20. The highest BCUT2D eigenvalue weighted by Crippen LogP contribution is 2.06. The Bertz CT molecular complexity index is 471. The van der Waals surface area contributed by atoms with Crippen LogP contribution in [0.15, 0.2) is 48.6 Å². The van der Waals surface area contributed by atoms with E-state index in [0.717, 1.165) is 25.7 Å².